The van der Waals surface area contributed by atoms with Gasteiger partial charge in [0.1, 0.15) is 0 Å². The summed E-state index contributed by atoms with van der Waals surface area (Å²) in [6.07, 6.45) is 2.77. The van der Waals surface area contributed by atoms with Crippen molar-refractivity contribution in [2.75, 3.05) is 25.5 Å². The molecule has 1 saturated heterocycles. The molecule has 1 aromatic heterocycles. The molecule has 3 heterocycles. The van der Waals surface area contributed by atoms with E-state index in [1.165, 1.54) is 7.11 Å². The van der Waals surface area contributed by atoms with Crippen molar-refractivity contribution in [3.63, 3.8) is 0 Å². The Morgan fingerprint density at radius 2 is 2.14 bits per heavy atom. The lowest BCUT2D eigenvalue weighted by Crippen LogP contribution is -2.32. The molecular formula is C20H22BrClN4O3. The van der Waals surface area contributed by atoms with Gasteiger partial charge in [0.25, 0.3) is 5.91 Å². The number of hydrogen-bond donors (Lipinski definition) is 1. The van der Waals surface area contributed by atoms with Gasteiger partial charge in [-0.05, 0) is 59.9 Å². The predicted molar refractivity (Wildman–Crippen MR) is 113 cm³/mol. The van der Waals surface area contributed by atoms with Crippen molar-refractivity contribution < 1.29 is 14.3 Å². The number of likely N-dealkylation sites (tertiary alicyclic amines) is 1. The maximum atomic E-state index is 12.8. The van der Waals surface area contributed by atoms with Crippen LogP contribution in [0.25, 0.3) is 0 Å². The molecule has 2 aliphatic rings. The number of halogens is 2. The summed E-state index contributed by atoms with van der Waals surface area (Å²) in [4.78, 5) is 26.9. The van der Waals surface area contributed by atoms with Crippen LogP contribution in [-0.4, -0.2) is 46.8 Å². The number of aryl methyl sites for hydroxylation is 1. The van der Waals surface area contributed by atoms with E-state index in [0.29, 0.717) is 22.9 Å². The molecular weight excluding hydrogens is 460 g/mol. The highest BCUT2D eigenvalue weighted by Crippen LogP contribution is 2.35. The second kappa shape index (κ2) is 8.45. The Bertz CT molecular complexity index is 948. The number of carbonyl (C=O) groups excluding carboxylic acids is 2. The first kappa shape index (κ1) is 20.4. The van der Waals surface area contributed by atoms with Gasteiger partial charge in [0.2, 0.25) is 0 Å². The number of nitrogens with one attached hydrogen (secondary N) is 1. The Hall–Kier alpha value is -1.90. The number of hydrogen-bond acceptors (Lipinski definition) is 5. The molecule has 1 N–H and O–H groups in total. The van der Waals surface area contributed by atoms with Crippen LogP contribution in [0.3, 0.4) is 0 Å². The molecule has 7 nitrogen and oxygen atoms in total. The third-order valence-electron chi connectivity index (χ3n) is 5.63. The maximum absolute atomic E-state index is 12.8. The van der Waals surface area contributed by atoms with Crippen LogP contribution in [0.1, 0.15) is 41.5 Å². The first-order valence-electron chi connectivity index (χ1n) is 9.63. The van der Waals surface area contributed by atoms with Crippen molar-refractivity contribution in [3.05, 3.63) is 45.1 Å². The average Bonchev–Trinajstić information content (AvgIpc) is 3.38. The molecule has 4 rings (SSSR count). The van der Waals surface area contributed by atoms with Crippen LogP contribution < -0.4 is 5.32 Å². The number of carbonyl (C=O) groups is 2. The molecule has 0 spiro atoms. The summed E-state index contributed by atoms with van der Waals surface area (Å²) in [6, 6.07) is 7.39. The van der Waals surface area contributed by atoms with E-state index in [1.807, 2.05) is 22.9 Å². The Kier molecular flexibility index (Phi) is 5.94. The van der Waals surface area contributed by atoms with Gasteiger partial charge in [-0.25, -0.2) is 0 Å². The van der Waals surface area contributed by atoms with Crippen LogP contribution >= 0.6 is 27.5 Å². The third kappa shape index (κ3) is 4.06. The first-order valence-corrected chi connectivity index (χ1v) is 10.8. The van der Waals surface area contributed by atoms with Crippen molar-refractivity contribution in [2.24, 2.45) is 5.92 Å². The van der Waals surface area contributed by atoms with Gasteiger partial charge in [-0.3, -0.25) is 19.2 Å². The number of fused-ring (bicyclic) bond motifs is 1. The lowest BCUT2D eigenvalue weighted by atomic mass is 10.0. The van der Waals surface area contributed by atoms with Gasteiger partial charge < -0.3 is 10.1 Å². The van der Waals surface area contributed by atoms with E-state index in [0.717, 1.165) is 42.5 Å². The number of aromatic nitrogens is 2. The summed E-state index contributed by atoms with van der Waals surface area (Å²) in [5.41, 5.74) is 1.92. The molecule has 0 radical (unpaired) electrons. The van der Waals surface area contributed by atoms with Gasteiger partial charge in [-0.1, -0.05) is 17.7 Å². The molecule has 1 fully saturated rings. The minimum Gasteiger partial charge on any atom is -0.469 e. The highest BCUT2D eigenvalue weighted by molar-refractivity contribution is 9.10. The summed E-state index contributed by atoms with van der Waals surface area (Å²) >= 11 is 9.62. The molecule has 29 heavy (non-hydrogen) atoms. The number of amides is 1. The second-order valence-electron chi connectivity index (χ2n) is 7.39. The fourth-order valence-electron chi connectivity index (χ4n) is 4.16. The molecule has 154 valence electrons. The number of rotatable bonds is 4. The lowest BCUT2D eigenvalue weighted by molar-refractivity contribution is -0.145. The molecule has 9 heteroatoms. The van der Waals surface area contributed by atoms with Crippen LogP contribution in [0, 0.1) is 5.92 Å². The van der Waals surface area contributed by atoms with Crippen molar-refractivity contribution in [3.8, 4) is 0 Å². The van der Waals surface area contributed by atoms with E-state index in [4.69, 9.17) is 16.3 Å². The van der Waals surface area contributed by atoms with Gasteiger partial charge >= 0.3 is 5.97 Å². The standard InChI is InChI=1S/C20H22BrClN4O3/c1-29-20(28)12-7-9-25(11-12)16-6-3-8-26-17(16)10-15(24-26)19(27)23-14-5-2-4-13(21)18(14)22/h2,4-5,10,12,16H,3,6-9,11H2,1H3,(H,23,27)/t12-,16?/m1/s1. The van der Waals surface area contributed by atoms with E-state index in [2.05, 4.69) is 31.2 Å². The zero-order chi connectivity index (χ0) is 20.5. The Labute approximate surface area is 182 Å². The van der Waals surface area contributed by atoms with Crippen molar-refractivity contribution in [1.29, 1.82) is 0 Å². The summed E-state index contributed by atoms with van der Waals surface area (Å²) in [5.74, 6) is -0.526. The Morgan fingerprint density at radius 1 is 1.31 bits per heavy atom. The maximum Gasteiger partial charge on any atom is 0.310 e. The number of esters is 1. The van der Waals surface area contributed by atoms with Gasteiger partial charge in [-0.15, -0.1) is 0 Å². The quantitative estimate of drug-likeness (QED) is 0.671. The normalized spacial score (nSPS) is 21.6. The Morgan fingerprint density at radius 3 is 2.93 bits per heavy atom. The molecule has 0 bridgehead atoms. The zero-order valence-electron chi connectivity index (χ0n) is 16.0. The van der Waals surface area contributed by atoms with Gasteiger partial charge in [0.15, 0.2) is 5.69 Å². The number of methoxy groups -OCH3 is 1. The summed E-state index contributed by atoms with van der Waals surface area (Å²) in [6.45, 7) is 2.30. The summed E-state index contributed by atoms with van der Waals surface area (Å²) in [5, 5.41) is 7.81. The SMILES string of the molecule is COC(=O)[C@@H]1CCN(C2CCCn3nc(C(=O)Nc4cccc(Br)c4Cl)cc32)C1. The molecule has 1 amide bonds. The molecule has 1 unspecified atom stereocenters. The topological polar surface area (TPSA) is 76.5 Å². The molecule has 0 saturated carbocycles. The number of ether oxygens (including phenoxy) is 1. The van der Waals surface area contributed by atoms with E-state index in [9.17, 15) is 9.59 Å². The first-order chi connectivity index (χ1) is 14.0. The Balaban J connectivity index is 1.52. The van der Waals surface area contributed by atoms with Crippen LogP contribution in [0.15, 0.2) is 28.7 Å². The molecule has 0 aliphatic carbocycles. The minimum absolute atomic E-state index is 0.0836. The highest BCUT2D eigenvalue weighted by Gasteiger charge is 2.36. The number of anilines is 1. The lowest BCUT2D eigenvalue weighted by Gasteiger charge is -2.31. The summed E-state index contributed by atoms with van der Waals surface area (Å²) in [7, 11) is 1.43. The van der Waals surface area contributed by atoms with Crippen LogP contribution in [0.5, 0.6) is 0 Å². The average molecular weight is 482 g/mol. The third-order valence-corrected chi connectivity index (χ3v) is 6.92. The van der Waals surface area contributed by atoms with Gasteiger partial charge in [-0.2, -0.15) is 5.10 Å². The van der Waals surface area contributed by atoms with Crippen LogP contribution in [-0.2, 0) is 16.1 Å². The van der Waals surface area contributed by atoms with Crippen molar-refractivity contribution >= 4 is 45.1 Å². The van der Waals surface area contributed by atoms with E-state index in [1.54, 1.807) is 6.07 Å². The molecule has 2 aromatic rings. The van der Waals surface area contributed by atoms with E-state index in [-0.39, 0.29) is 23.8 Å². The van der Waals surface area contributed by atoms with Crippen LogP contribution in [0.2, 0.25) is 5.02 Å². The van der Waals surface area contributed by atoms with Crippen molar-refractivity contribution in [2.45, 2.75) is 31.8 Å². The zero-order valence-corrected chi connectivity index (χ0v) is 18.4. The highest BCUT2D eigenvalue weighted by atomic mass is 79.9. The van der Waals surface area contributed by atoms with E-state index < -0.39 is 0 Å². The minimum atomic E-state index is -0.292. The van der Waals surface area contributed by atoms with Gasteiger partial charge in [0, 0.05) is 17.6 Å². The fraction of sp³-hybridized carbons (Fsp3) is 0.450. The smallest absolute Gasteiger partial charge is 0.310 e. The molecule has 2 aliphatic heterocycles. The second-order valence-corrected chi connectivity index (χ2v) is 8.63. The molecule has 2 atom stereocenters. The largest absolute Gasteiger partial charge is 0.469 e. The van der Waals surface area contributed by atoms with E-state index >= 15 is 0 Å². The van der Waals surface area contributed by atoms with Gasteiger partial charge in [0.05, 0.1) is 35.5 Å². The predicted octanol–water partition coefficient (Wildman–Crippen LogP) is 3.88. The number of nitrogens with zero attached hydrogens (tertiary/aromatic N) is 3. The number of benzene rings is 1. The molecule has 1 aromatic carbocycles. The van der Waals surface area contributed by atoms with Crippen molar-refractivity contribution in [1.82, 2.24) is 14.7 Å². The monoisotopic (exact) mass is 480 g/mol. The van der Waals surface area contributed by atoms with Crippen LogP contribution in [0.4, 0.5) is 5.69 Å². The summed E-state index contributed by atoms with van der Waals surface area (Å²) < 4.78 is 7.53. The fourth-order valence-corrected chi connectivity index (χ4v) is 4.70.